The van der Waals surface area contributed by atoms with Crippen LogP contribution in [0, 0.1) is 0 Å². The van der Waals surface area contributed by atoms with Crippen molar-refractivity contribution in [1.29, 1.82) is 0 Å². The fraction of sp³-hybridized carbons (Fsp3) is 0.333. The summed E-state index contributed by atoms with van der Waals surface area (Å²) in [5.74, 6) is 2.03. The molecule has 0 saturated carbocycles. The van der Waals surface area contributed by atoms with Crippen LogP contribution in [0.15, 0.2) is 36.4 Å². The predicted molar refractivity (Wildman–Crippen MR) is 127 cm³/mol. The molecule has 0 spiro atoms. The monoisotopic (exact) mass is 496 g/mol. The van der Waals surface area contributed by atoms with Gasteiger partial charge >= 0.3 is 0 Å². The van der Waals surface area contributed by atoms with Gasteiger partial charge in [0.05, 0.1) is 26.7 Å². The zero-order valence-corrected chi connectivity index (χ0v) is 20.1. The molecule has 0 bridgehead atoms. The van der Waals surface area contributed by atoms with Crippen LogP contribution in [0.1, 0.15) is 39.3 Å². The Morgan fingerprint density at radius 1 is 1.09 bits per heavy atom. The maximum absolute atomic E-state index is 13.1. The van der Waals surface area contributed by atoms with Gasteiger partial charge < -0.3 is 29.2 Å². The molecule has 10 nitrogen and oxygen atoms in total. The molecule has 0 unspecified atom stereocenters. The maximum Gasteiger partial charge on any atom is 0.286 e. The van der Waals surface area contributed by atoms with Crippen LogP contribution in [0.2, 0.25) is 0 Å². The van der Waals surface area contributed by atoms with Crippen LogP contribution in [0.25, 0.3) is 0 Å². The number of carbonyl (C=O) groups excluding carboxylic acids is 2. The number of likely N-dealkylation sites (tertiary alicyclic amines) is 1. The van der Waals surface area contributed by atoms with Crippen molar-refractivity contribution in [3.63, 3.8) is 0 Å². The van der Waals surface area contributed by atoms with E-state index in [1.165, 1.54) is 11.3 Å². The van der Waals surface area contributed by atoms with Crippen LogP contribution >= 0.6 is 11.3 Å². The summed E-state index contributed by atoms with van der Waals surface area (Å²) in [5.41, 5.74) is 1.41. The largest absolute Gasteiger partial charge is 0.493 e. The molecule has 0 aliphatic carbocycles. The first-order chi connectivity index (χ1) is 17.1. The van der Waals surface area contributed by atoms with E-state index in [0.717, 1.165) is 18.4 Å². The number of benzene rings is 2. The number of amides is 2. The highest BCUT2D eigenvalue weighted by atomic mass is 32.1. The molecule has 2 aliphatic rings. The van der Waals surface area contributed by atoms with Gasteiger partial charge in [0.2, 0.25) is 17.7 Å². The summed E-state index contributed by atoms with van der Waals surface area (Å²) in [6.45, 7) is 0.796. The van der Waals surface area contributed by atoms with Crippen molar-refractivity contribution in [3.8, 4) is 23.0 Å². The number of methoxy groups -OCH3 is 2. The SMILES string of the molecule is COc1ccc(CC(=O)N2CCC[C@H]2c2nnc(C(=O)Nc3ccc4c(c3)OCO4)s2)cc1OC. The highest BCUT2D eigenvalue weighted by Gasteiger charge is 2.33. The van der Waals surface area contributed by atoms with Crippen LogP contribution in [0.4, 0.5) is 5.69 Å². The average Bonchev–Trinajstić information content (AvgIpc) is 3.63. The number of nitrogens with zero attached hydrogens (tertiary/aromatic N) is 3. The zero-order chi connectivity index (χ0) is 24.4. The van der Waals surface area contributed by atoms with Crippen molar-refractivity contribution in [2.45, 2.75) is 25.3 Å². The van der Waals surface area contributed by atoms with E-state index in [9.17, 15) is 9.59 Å². The molecule has 0 radical (unpaired) electrons. The highest BCUT2D eigenvalue weighted by Crippen LogP contribution is 2.36. The Hall–Kier alpha value is -3.86. The minimum Gasteiger partial charge on any atom is -0.493 e. The van der Waals surface area contributed by atoms with Crippen molar-refractivity contribution in [1.82, 2.24) is 15.1 Å². The van der Waals surface area contributed by atoms with Gasteiger partial charge in [-0.3, -0.25) is 9.59 Å². The molecule has 182 valence electrons. The fourth-order valence-electron chi connectivity index (χ4n) is 4.21. The van der Waals surface area contributed by atoms with E-state index in [1.54, 1.807) is 38.5 Å². The molecule has 1 fully saturated rings. The Morgan fingerprint density at radius 3 is 2.74 bits per heavy atom. The first-order valence-corrected chi connectivity index (χ1v) is 11.9. The number of hydrogen-bond donors (Lipinski definition) is 1. The first-order valence-electron chi connectivity index (χ1n) is 11.1. The van der Waals surface area contributed by atoms with Crippen LogP contribution in [0.3, 0.4) is 0 Å². The number of carbonyl (C=O) groups is 2. The van der Waals surface area contributed by atoms with E-state index in [4.69, 9.17) is 18.9 Å². The number of aromatic nitrogens is 2. The van der Waals surface area contributed by atoms with Crippen molar-refractivity contribution < 1.29 is 28.5 Å². The van der Waals surface area contributed by atoms with E-state index in [-0.39, 0.29) is 36.1 Å². The second-order valence-corrected chi connectivity index (χ2v) is 9.09. The summed E-state index contributed by atoms with van der Waals surface area (Å²) in [4.78, 5) is 27.7. The average molecular weight is 497 g/mol. The van der Waals surface area contributed by atoms with Gasteiger partial charge in [-0.1, -0.05) is 17.4 Å². The van der Waals surface area contributed by atoms with Crippen LogP contribution in [0.5, 0.6) is 23.0 Å². The third-order valence-corrected chi connectivity index (χ3v) is 6.95. The Labute approximate surface area is 205 Å². The molecule has 1 saturated heterocycles. The third kappa shape index (κ3) is 4.72. The molecule has 3 heterocycles. The molecule has 2 amide bonds. The Balaban J connectivity index is 1.26. The molecule has 2 aliphatic heterocycles. The van der Waals surface area contributed by atoms with Gasteiger partial charge in [0.15, 0.2) is 23.0 Å². The Bertz CT molecular complexity index is 1260. The summed E-state index contributed by atoms with van der Waals surface area (Å²) in [6, 6.07) is 10.4. The quantitative estimate of drug-likeness (QED) is 0.529. The summed E-state index contributed by atoms with van der Waals surface area (Å²) in [6.07, 6.45) is 1.86. The lowest BCUT2D eigenvalue weighted by Gasteiger charge is -2.23. The Kier molecular flexibility index (Phi) is 6.41. The molecular weight excluding hydrogens is 472 g/mol. The lowest BCUT2D eigenvalue weighted by Crippen LogP contribution is -2.31. The first kappa shape index (κ1) is 22.9. The number of fused-ring (bicyclic) bond motifs is 1. The van der Waals surface area contributed by atoms with Gasteiger partial charge in [-0.2, -0.15) is 0 Å². The number of anilines is 1. The van der Waals surface area contributed by atoms with Crippen LogP contribution < -0.4 is 24.3 Å². The van der Waals surface area contributed by atoms with E-state index in [1.807, 2.05) is 17.0 Å². The van der Waals surface area contributed by atoms with Gasteiger partial charge in [-0.05, 0) is 42.7 Å². The summed E-state index contributed by atoms with van der Waals surface area (Å²) >= 11 is 1.20. The number of ether oxygens (including phenoxy) is 4. The van der Waals surface area contributed by atoms with E-state index in [0.29, 0.717) is 40.2 Å². The number of rotatable bonds is 7. The minimum absolute atomic E-state index is 0.0127. The van der Waals surface area contributed by atoms with Crippen molar-refractivity contribution in [2.24, 2.45) is 0 Å². The summed E-state index contributed by atoms with van der Waals surface area (Å²) in [7, 11) is 3.14. The fourth-order valence-corrected chi connectivity index (χ4v) is 5.09. The smallest absolute Gasteiger partial charge is 0.286 e. The van der Waals surface area contributed by atoms with E-state index < -0.39 is 0 Å². The number of hydrogen-bond acceptors (Lipinski definition) is 9. The second kappa shape index (κ2) is 9.79. The molecule has 35 heavy (non-hydrogen) atoms. The van der Waals surface area contributed by atoms with Crippen LogP contribution in [-0.4, -0.2) is 54.5 Å². The standard InChI is InChI=1S/C24H24N4O6S/c1-31-17-7-5-14(10-19(17)32-2)11-21(29)28-9-3-4-16(28)23-26-27-24(35-23)22(30)25-15-6-8-18-20(12-15)34-13-33-18/h5-8,10,12,16H,3-4,9,11,13H2,1-2H3,(H,25,30)/t16-/m0/s1. The highest BCUT2D eigenvalue weighted by molar-refractivity contribution is 7.13. The minimum atomic E-state index is -0.367. The molecule has 5 rings (SSSR count). The number of nitrogens with one attached hydrogen (secondary N) is 1. The molecule has 1 atom stereocenters. The predicted octanol–water partition coefficient (Wildman–Crippen LogP) is 3.44. The third-order valence-electron chi connectivity index (χ3n) is 5.93. The second-order valence-electron chi connectivity index (χ2n) is 8.08. The zero-order valence-electron chi connectivity index (χ0n) is 19.3. The van der Waals surface area contributed by atoms with Gasteiger partial charge in [-0.25, -0.2) is 0 Å². The van der Waals surface area contributed by atoms with E-state index in [2.05, 4.69) is 15.5 Å². The molecule has 1 aromatic heterocycles. The molecule has 2 aromatic carbocycles. The maximum atomic E-state index is 13.1. The van der Waals surface area contributed by atoms with Crippen LogP contribution in [-0.2, 0) is 11.2 Å². The Morgan fingerprint density at radius 2 is 1.91 bits per heavy atom. The normalized spacial score (nSPS) is 16.3. The molecular formula is C24H24N4O6S. The van der Waals surface area contributed by atoms with Crippen molar-refractivity contribution in [3.05, 3.63) is 52.0 Å². The van der Waals surface area contributed by atoms with Gasteiger partial charge in [-0.15, -0.1) is 10.2 Å². The lowest BCUT2D eigenvalue weighted by molar-refractivity contribution is -0.131. The summed E-state index contributed by atoms with van der Waals surface area (Å²) < 4.78 is 21.3. The van der Waals surface area contributed by atoms with Gasteiger partial charge in [0, 0.05) is 18.3 Å². The summed E-state index contributed by atoms with van der Waals surface area (Å²) in [5, 5.41) is 12.0. The lowest BCUT2D eigenvalue weighted by atomic mass is 10.1. The van der Waals surface area contributed by atoms with E-state index >= 15 is 0 Å². The van der Waals surface area contributed by atoms with Crippen molar-refractivity contribution >= 4 is 28.8 Å². The van der Waals surface area contributed by atoms with Gasteiger partial charge in [0.1, 0.15) is 5.01 Å². The van der Waals surface area contributed by atoms with Crippen molar-refractivity contribution in [2.75, 3.05) is 32.9 Å². The topological polar surface area (TPSA) is 112 Å². The molecule has 1 N–H and O–H groups in total. The molecule has 3 aromatic rings. The van der Waals surface area contributed by atoms with Gasteiger partial charge in [0.25, 0.3) is 5.91 Å². The molecule has 11 heteroatoms.